The van der Waals surface area contributed by atoms with Crippen LogP contribution >= 0.6 is 0 Å². The molecule has 0 bridgehead atoms. The number of hydrogen-bond acceptors (Lipinski definition) is 8. The van der Waals surface area contributed by atoms with Gasteiger partial charge in [-0.15, -0.1) is 0 Å². The number of nitrogens with zero attached hydrogens (tertiary/aromatic N) is 5. The number of hydrogen-bond donors (Lipinski definition) is 1. The Kier molecular flexibility index (Phi) is 10.1. The fraction of sp³-hybridized carbons (Fsp3) is 0.519. The first-order valence-electron chi connectivity index (χ1n) is 12.8. The van der Waals surface area contributed by atoms with E-state index in [-0.39, 0.29) is 23.8 Å². The lowest BCUT2D eigenvalue weighted by molar-refractivity contribution is -0.116. The second-order valence-corrected chi connectivity index (χ2v) is 12.0. The summed E-state index contributed by atoms with van der Waals surface area (Å²) in [7, 11) is 3.37. The minimum absolute atomic E-state index is 0.000970. The summed E-state index contributed by atoms with van der Waals surface area (Å²) < 4.78 is 32.3. The Morgan fingerprint density at radius 2 is 1.92 bits per heavy atom. The number of aromatic nitrogens is 1. The molecule has 1 N–H and O–H groups in total. The van der Waals surface area contributed by atoms with Gasteiger partial charge in [-0.25, -0.2) is 17.7 Å². The normalized spacial score (nSPS) is 14.5. The van der Waals surface area contributed by atoms with E-state index in [4.69, 9.17) is 4.74 Å². The van der Waals surface area contributed by atoms with Gasteiger partial charge < -0.3 is 19.9 Å². The number of pyridine rings is 1. The smallest absolute Gasteiger partial charge is 0.243 e. The molecule has 1 amide bonds. The van der Waals surface area contributed by atoms with Crippen LogP contribution in [0.5, 0.6) is 5.75 Å². The van der Waals surface area contributed by atoms with Gasteiger partial charge in [0.15, 0.2) is 0 Å². The van der Waals surface area contributed by atoms with Crippen molar-refractivity contribution in [3.05, 3.63) is 41.6 Å². The number of sulfonamides is 1. The molecule has 0 unspecified atom stereocenters. The zero-order valence-corrected chi connectivity index (χ0v) is 23.7. The molecule has 0 aliphatic carbocycles. The van der Waals surface area contributed by atoms with Crippen LogP contribution in [-0.4, -0.2) is 82.9 Å². The van der Waals surface area contributed by atoms with Crippen molar-refractivity contribution in [2.24, 2.45) is 5.92 Å². The number of aryl methyl sites for hydroxylation is 1. The summed E-state index contributed by atoms with van der Waals surface area (Å²) in [6.07, 6.45) is 4.79. The number of nitriles is 1. The summed E-state index contributed by atoms with van der Waals surface area (Å²) in [5.74, 6) is 1.52. The molecule has 0 saturated carbocycles. The van der Waals surface area contributed by atoms with Gasteiger partial charge in [0.2, 0.25) is 15.9 Å². The van der Waals surface area contributed by atoms with E-state index in [1.807, 2.05) is 0 Å². The predicted octanol–water partition coefficient (Wildman–Crippen LogP) is 3.09. The predicted molar refractivity (Wildman–Crippen MR) is 148 cm³/mol. The molecule has 2 aromatic rings. The summed E-state index contributed by atoms with van der Waals surface area (Å²) in [5, 5.41) is 12.5. The van der Waals surface area contributed by atoms with Crippen LogP contribution in [0.25, 0.3) is 0 Å². The van der Waals surface area contributed by atoms with Crippen LogP contribution in [0.4, 0.5) is 11.5 Å². The number of piperidine rings is 1. The molecule has 1 aliphatic rings. The zero-order valence-electron chi connectivity index (χ0n) is 22.9. The number of rotatable bonds is 11. The zero-order chi connectivity index (χ0) is 27.9. The van der Waals surface area contributed by atoms with E-state index in [1.165, 1.54) is 26.6 Å². The molecular weight excluding hydrogens is 504 g/mol. The molecule has 10 nitrogen and oxygen atoms in total. The molecular formula is C27H38N6O4S. The monoisotopic (exact) mass is 542 g/mol. The lowest BCUT2D eigenvalue weighted by Gasteiger charge is -2.33. The van der Waals surface area contributed by atoms with E-state index in [2.05, 4.69) is 40.3 Å². The maximum Gasteiger partial charge on any atom is 0.243 e. The molecule has 1 aromatic heterocycles. The Hall–Kier alpha value is -3.20. The Labute approximate surface area is 226 Å². The molecule has 1 aromatic carbocycles. The van der Waals surface area contributed by atoms with Crippen molar-refractivity contribution in [1.29, 1.82) is 5.26 Å². The van der Waals surface area contributed by atoms with Gasteiger partial charge >= 0.3 is 0 Å². The molecule has 0 spiro atoms. The largest absolute Gasteiger partial charge is 0.497 e. The van der Waals surface area contributed by atoms with Crippen molar-refractivity contribution in [2.75, 3.05) is 64.6 Å². The van der Waals surface area contributed by atoms with Gasteiger partial charge in [-0.05, 0) is 82.6 Å². The Balaban J connectivity index is 1.57. The minimum Gasteiger partial charge on any atom is -0.497 e. The quantitative estimate of drug-likeness (QED) is 0.460. The first kappa shape index (κ1) is 29.4. The maximum absolute atomic E-state index is 13.0. The molecule has 1 aliphatic heterocycles. The van der Waals surface area contributed by atoms with Crippen molar-refractivity contribution >= 4 is 27.4 Å². The molecule has 1 fully saturated rings. The molecule has 2 heterocycles. The number of amides is 1. The second kappa shape index (κ2) is 13.0. The number of ether oxygens (including phenoxy) is 1. The van der Waals surface area contributed by atoms with Gasteiger partial charge in [0, 0.05) is 33.1 Å². The SMILES string of the molecule is COc1ccc(S(=O)(=O)N(C)CCC(=O)Nc2cnc(N3CCC(CCN(C)C)CC3)c(C#N)c2)c(C)c1. The van der Waals surface area contributed by atoms with Gasteiger partial charge in [-0.2, -0.15) is 5.26 Å². The van der Waals surface area contributed by atoms with Crippen LogP contribution in [0.1, 0.15) is 36.8 Å². The van der Waals surface area contributed by atoms with Crippen molar-refractivity contribution < 1.29 is 17.9 Å². The number of carbonyl (C=O) groups excluding carboxylic acids is 1. The van der Waals surface area contributed by atoms with E-state index >= 15 is 0 Å². The lowest BCUT2D eigenvalue weighted by Crippen LogP contribution is -2.35. The number of carbonyl (C=O) groups is 1. The van der Waals surface area contributed by atoms with Gasteiger partial charge in [0.25, 0.3) is 0 Å². The van der Waals surface area contributed by atoms with Crippen molar-refractivity contribution in [3.8, 4) is 11.8 Å². The van der Waals surface area contributed by atoms with E-state index in [0.717, 1.165) is 36.8 Å². The molecule has 206 valence electrons. The highest BCUT2D eigenvalue weighted by Gasteiger charge is 2.25. The third-order valence-electron chi connectivity index (χ3n) is 6.89. The van der Waals surface area contributed by atoms with Crippen LogP contribution < -0.4 is 15.0 Å². The van der Waals surface area contributed by atoms with Crippen molar-refractivity contribution in [3.63, 3.8) is 0 Å². The highest BCUT2D eigenvalue weighted by molar-refractivity contribution is 7.89. The molecule has 0 radical (unpaired) electrons. The van der Waals surface area contributed by atoms with Crippen LogP contribution in [0.15, 0.2) is 35.4 Å². The van der Waals surface area contributed by atoms with Crippen LogP contribution in [0, 0.1) is 24.2 Å². The molecule has 11 heteroatoms. The second-order valence-electron chi connectivity index (χ2n) is 9.99. The number of methoxy groups -OCH3 is 1. The van der Waals surface area contributed by atoms with Crippen LogP contribution in [0.2, 0.25) is 0 Å². The summed E-state index contributed by atoms with van der Waals surface area (Å²) in [6.45, 7) is 4.47. The highest BCUT2D eigenvalue weighted by Crippen LogP contribution is 2.28. The van der Waals surface area contributed by atoms with Gasteiger partial charge in [-0.1, -0.05) is 0 Å². The molecule has 38 heavy (non-hydrogen) atoms. The van der Waals surface area contributed by atoms with E-state index in [0.29, 0.717) is 34.3 Å². The fourth-order valence-electron chi connectivity index (χ4n) is 4.54. The van der Waals surface area contributed by atoms with Crippen molar-refractivity contribution in [1.82, 2.24) is 14.2 Å². The summed E-state index contributed by atoms with van der Waals surface area (Å²) in [5.41, 5.74) is 1.38. The van der Waals surface area contributed by atoms with Gasteiger partial charge in [0.05, 0.1) is 29.5 Å². The summed E-state index contributed by atoms with van der Waals surface area (Å²) in [4.78, 5) is 21.6. The topological polar surface area (TPSA) is 119 Å². The fourth-order valence-corrected chi connectivity index (χ4v) is 5.92. The standard InChI is InChI=1S/C27H38N6O4S/c1-20-16-24(37-5)6-7-25(20)38(35,36)32(4)13-11-26(34)30-23-17-22(18-28)27(29-19-23)33-14-9-21(10-15-33)8-12-31(2)3/h6-7,16-17,19,21H,8-15H2,1-5H3,(H,30,34). The highest BCUT2D eigenvalue weighted by atomic mass is 32.2. The van der Waals surface area contributed by atoms with E-state index in [1.54, 1.807) is 31.3 Å². The first-order valence-corrected chi connectivity index (χ1v) is 14.2. The van der Waals surface area contributed by atoms with E-state index in [9.17, 15) is 18.5 Å². The number of anilines is 2. The number of nitrogens with one attached hydrogen (secondary N) is 1. The summed E-state index contributed by atoms with van der Waals surface area (Å²) in [6, 6.07) is 8.58. The van der Waals surface area contributed by atoms with Gasteiger partial charge in [0.1, 0.15) is 17.6 Å². The Morgan fingerprint density at radius 1 is 1.21 bits per heavy atom. The number of benzene rings is 1. The minimum atomic E-state index is -3.77. The Morgan fingerprint density at radius 3 is 2.53 bits per heavy atom. The lowest BCUT2D eigenvalue weighted by atomic mass is 9.93. The third-order valence-corrected chi connectivity index (χ3v) is 8.91. The average molecular weight is 543 g/mol. The summed E-state index contributed by atoms with van der Waals surface area (Å²) >= 11 is 0. The average Bonchev–Trinajstić information content (AvgIpc) is 2.90. The molecule has 1 saturated heterocycles. The molecule has 0 atom stereocenters. The third kappa shape index (κ3) is 7.43. The van der Waals surface area contributed by atoms with Crippen molar-refractivity contribution in [2.45, 2.75) is 37.5 Å². The van der Waals surface area contributed by atoms with Gasteiger partial charge in [-0.3, -0.25) is 4.79 Å². The van der Waals surface area contributed by atoms with Crippen LogP contribution in [-0.2, 0) is 14.8 Å². The molecule has 3 rings (SSSR count). The van der Waals surface area contributed by atoms with Crippen LogP contribution in [0.3, 0.4) is 0 Å². The Bertz CT molecular complexity index is 1270. The first-order chi connectivity index (χ1) is 18.0. The maximum atomic E-state index is 13.0. The van der Waals surface area contributed by atoms with E-state index < -0.39 is 10.0 Å².